The number of fused-ring (bicyclic) bond motifs is 6. The van der Waals surface area contributed by atoms with Gasteiger partial charge in [0.15, 0.2) is 0 Å². The fraction of sp³-hybridized carbons (Fsp3) is 0.588. The number of ether oxygens (including phenoxy) is 1. The number of hydrogen-bond acceptors (Lipinski definition) is 3. The number of amides is 1. The fourth-order valence-electron chi connectivity index (χ4n) is 4.84. The molecule has 0 saturated carbocycles. The van der Waals surface area contributed by atoms with E-state index < -0.39 is 0 Å². The Morgan fingerprint density at radius 2 is 1.86 bits per heavy atom. The molecule has 1 amide bonds. The summed E-state index contributed by atoms with van der Waals surface area (Å²) >= 11 is 0. The lowest BCUT2D eigenvalue weighted by atomic mass is 9.82. The van der Waals surface area contributed by atoms with Gasteiger partial charge in [-0.2, -0.15) is 0 Å². The van der Waals surface area contributed by atoms with Crippen molar-refractivity contribution in [1.82, 2.24) is 10.2 Å². The number of nitrogens with zero attached hydrogens (tertiary/aromatic N) is 1. The number of rotatable bonds is 1. The van der Waals surface area contributed by atoms with Crippen molar-refractivity contribution < 1.29 is 9.53 Å². The van der Waals surface area contributed by atoms with Crippen LogP contribution in [0, 0.1) is 11.8 Å². The zero-order valence-corrected chi connectivity index (χ0v) is 12.0. The highest BCUT2D eigenvalue weighted by Gasteiger charge is 2.54. The number of carbonyl (C=O) groups excluding carboxylic acids is 1. The third-order valence-corrected chi connectivity index (χ3v) is 5.87. The number of likely N-dealkylation sites (tertiary alicyclic amines) is 1. The molecule has 5 rings (SSSR count). The molecule has 1 aromatic rings. The molecule has 1 aromatic carbocycles. The van der Waals surface area contributed by atoms with E-state index >= 15 is 0 Å². The molecule has 4 nitrogen and oxygen atoms in total. The van der Waals surface area contributed by atoms with E-state index in [1.54, 1.807) is 0 Å². The summed E-state index contributed by atoms with van der Waals surface area (Å²) in [6, 6.07) is 8.13. The van der Waals surface area contributed by atoms with Crippen LogP contribution in [0.1, 0.15) is 30.0 Å². The first-order chi connectivity index (χ1) is 10.3. The van der Waals surface area contributed by atoms with E-state index in [9.17, 15) is 4.79 Å². The molecule has 21 heavy (non-hydrogen) atoms. The molecule has 0 aromatic heterocycles. The zero-order valence-electron chi connectivity index (χ0n) is 12.0. The quantitative estimate of drug-likeness (QED) is 0.849. The van der Waals surface area contributed by atoms with Gasteiger partial charge in [0.1, 0.15) is 6.04 Å². The molecular formula is C17H20N2O2. The third kappa shape index (κ3) is 1.66. The highest BCUT2D eigenvalue weighted by Crippen LogP contribution is 2.47. The Kier molecular flexibility index (Phi) is 2.50. The number of benzene rings is 1. The van der Waals surface area contributed by atoms with Crippen molar-refractivity contribution in [1.29, 1.82) is 0 Å². The first-order valence-corrected chi connectivity index (χ1v) is 8.07. The summed E-state index contributed by atoms with van der Waals surface area (Å²) in [4.78, 5) is 15.0. The maximum absolute atomic E-state index is 12.9. The Balaban J connectivity index is 1.37. The lowest BCUT2D eigenvalue weighted by Crippen LogP contribution is -2.38. The van der Waals surface area contributed by atoms with Crippen LogP contribution in [0.3, 0.4) is 0 Å². The normalized spacial score (nSPS) is 39.6. The minimum absolute atomic E-state index is 0.140. The van der Waals surface area contributed by atoms with Gasteiger partial charge >= 0.3 is 0 Å². The van der Waals surface area contributed by atoms with E-state index in [4.69, 9.17) is 4.74 Å². The first kappa shape index (κ1) is 12.2. The highest BCUT2D eigenvalue weighted by atomic mass is 16.5. The number of hydrogen-bond donors (Lipinski definition) is 1. The van der Waals surface area contributed by atoms with Crippen LogP contribution in [0.2, 0.25) is 0 Å². The lowest BCUT2D eigenvalue weighted by molar-refractivity contribution is -0.133. The number of nitrogens with one attached hydrogen (secondary N) is 1. The minimum atomic E-state index is -0.140. The summed E-state index contributed by atoms with van der Waals surface area (Å²) in [5, 5.41) is 3.38. The van der Waals surface area contributed by atoms with Crippen molar-refractivity contribution >= 4 is 5.91 Å². The molecule has 3 saturated heterocycles. The van der Waals surface area contributed by atoms with Crippen molar-refractivity contribution in [2.45, 2.75) is 37.6 Å². The van der Waals surface area contributed by atoms with Gasteiger partial charge in [0.05, 0.1) is 12.2 Å². The summed E-state index contributed by atoms with van der Waals surface area (Å²) in [5.41, 5.74) is 2.43. The summed E-state index contributed by atoms with van der Waals surface area (Å²) in [6.45, 7) is 2.59. The summed E-state index contributed by atoms with van der Waals surface area (Å²) in [7, 11) is 0. The second kappa shape index (κ2) is 4.31. The van der Waals surface area contributed by atoms with E-state index in [-0.39, 0.29) is 11.9 Å². The van der Waals surface area contributed by atoms with Gasteiger partial charge in [-0.05, 0) is 24.0 Å². The molecule has 4 heterocycles. The Hall–Kier alpha value is -1.39. The minimum Gasteiger partial charge on any atom is -0.374 e. The molecule has 1 unspecified atom stereocenters. The SMILES string of the molecule is O=C(C1NCc2ccccc21)N1C[C@@H]2[C@H](C1)[C@H]1CC[C@@H]2O1. The van der Waals surface area contributed by atoms with Crippen LogP contribution in [-0.2, 0) is 16.1 Å². The summed E-state index contributed by atoms with van der Waals surface area (Å²) in [6.07, 6.45) is 3.22. The molecule has 0 aliphatic carbocycles. The standard InChI is InChI=1S/C17H20N2O2/c20-17(16-11-4-2-1-3-10(11)7-18-16)19-8-12-13(9-19)15-6-5-14(12)21-15/h1-4,12-16,18H,5-9H2/t12-,13+,14+,15-,16?. The average molecular weight is 284 g/mol. The third-order valence-electron chi connectivity index (χ3n) is 5.87. The van der Waals surface area contributed by atoms with Crippen LogP contribution in [0.4, 0.5) is 0 Å². The fourth-order valence-corrected chi connectivity index (χ4v) is 4.84. The van der Waals surface area contributed by atoms with E-state index in [2.05, 4.69) is 22.3 Å². The predicted molar refractivity (Wildman–Crippen MR) is 77.5 cm³/mol. The van der Waals surface area contributed by atoms with E-state index in [0.717, 1.165) is 19.6 Å². The topological polar surface area (TPSA) is 41.6 Å². The van der Waals surface area contributed by atoms with Crippen molar-refractivity contribution in [2.75, 3.05) is 13.1 Å². The van der Waals surface area contributed by atoms with Crippen LogP contribution in [0.5, 0.6) is 0 Å². The maximum Gasteiger partial charge on any atom is 0.244 e. The largest absolute Gasteiger partial charge is 0.374 e. The van der Waals surface area contributed by atoms with Gasteiger partial charge in [-0.3, -0.25) is 10.1 Å². The van der Waals surface area contributed by atoms with Crippen LogP contribution >= 0.6 is 0 Å². The Labute approximate surface area is 124 Å². The van der Waals surface area contributed by atoms with Crippen LogP contribution < -0.4 is 5.32 Å². The van der Waals surface area contributed by atoms with Gasteiger partial charge in [0.25, 0.3) is 0 Å². The van der Waals surface area contributed by atoms with Gasteiger partial charge in [-0.1, -0.05) is 24.3 Å². The zero-order chi connectivity index (χ0) is 14.0. The molecule has 110 valence electrons. The first-order valence-electron chi connectivity index (χ1n) is 8.07. The number of carbonyl (C=O) groups is 1. The average Bonchev–Trinajstić information content (AvgIpc) is 3.25. The molecular weight excluding hydrogens is 264 g/mol. The maximum atomic E-state index is 12.9. The molecule has 0 radical (unpaired) electrons. The highest BCUT2D eigenvalue weighted by molar-refractivity contribution is 5.84. The van der Waals surface area contributed by atoms with Crippen molar-refractivity contribution in [3.8, 4) is 0 Å². The molecule has 5 atom stereocenters. The van der Waals surface area contributed by atoms with Crippen LogP contribution in [-0.4, -0.2) is 36.1 Å². The molecule has 4 aliphatic rings. The smallest absolute Gasteiger partial charge is 0.244 e. The molecule has 4 heteroatoms. The summed E-state index contributed by atoms with van der Waals surface area (Å²) in [5.74, 6) is 1.43. The van der Waals surface area contributed by atoms with Gasteiger partial charge in [0.2, 0.25) is 5.91 Å². The monoisotopic (exact) mass is 284 g/mol. The van der Waals surface area contributed by atoms with Crippen LogP contribution in [0.15, 0.2) is 24.3 Å². The molecule has 4 aliphatic heterocycles. The molecule has 0 spiro atoms. The second-order valence-corrected chi connectivity index (χ2v) is 6.87. The Morgan fingerprint density at radius 1 is 1.14 bits per heavy atom. The van der Waals surface area contributed by atoms with Gasteiger partial charge in [-0.15, -0.1) is 0 Å². The molecule has 3 fully saturated rings. The molecule has 1 N–H and O–H groups in total. The van der Waals surface area contributed by atoms with E-state index in [1.165, 1.54) is 24.0 Å². The van der Waals surface area contributed by atoms with Gasteiger partial charge in [0, 0.05) is 31.5 Å². The molecule has 2 bridgehead atoms. The Morgan fingerprint density at radius 3 is 2.62 bits per heavy atom. The lowest BCUT2D eigenvalue weighted by Gasteiger charge is -2.23. The van der Waals surface area contributed by atoms with Gasteiger partial charge in [-0.25, -0.2) is 0 Å². The van der Waals surface area contributed by atoms with Crippen molar-refractivity contribution in [3.05, 3.63) is 35.4 Å². The van der Waals surface area contributed by atoms with Gasteiger partial charge < -0.3 is 9.64 Å². The Bertz CT molecular complexity index is 584. The van der Waals surface area contributed by atoms with E-state index in [0.29, 0.717) is 24.0 Å². The van der Waals surface area contributed by atoms with Crippen molar-refractivity contribution in [2.24, 2.45) is 11.8 Å². The summed E-state index contributed by atoms with van der Waals surface area (Å²) < 4.78 is 6.00. The van der Waals surface area contributed by atoms with Crippen LogP contribution in [0.25, 0.3) is 0 Å². The van der Waals surface area contributed by atoms with E-state index in [1.807, 2.05) is 12.1 Å². The van der Waals surface area contributed by atoms with Crippen molar-refractivity contribution in [3.63, 3.8) is 0 Å². The predicted octanol–water partition coefficient (Wildman–Crippen LogP) is 1.47. The second-order valence-electron chi connectivity index (χ2n) is 6.87.